The summed E-state index contributed by atoms with van der Waals surface area (Å²) < 4.78 is 0. The first-order chi connectivity index (χ1) is 14.7. The second-order valence-electron chi connectivity index (χ2n) is 6.96. The summed E-state index contributed by atoms with van der Waals surface area (Å²) in [6.45, 7) is 0.702. The summed E-state index contributed by atoms with van der Waals surface area (Å²) in [7, 11) is 0. The largest absolute Gasteiger partial charge is 0.480 e. The van der Waals surface area contributed by atoms with Crippen LogP contribution in [0, 0.1) is 0 Å². The zero-order valence-corrected chi connectivity index (χ0v) is 18.4. The van der Waals surface area contributed by atoms with Crippen LogP contribution in [0.15, 0.2) is 30.3 Å². The van der Waals surface area contributed by atoms with Gasteiger partial charge < -0.3 is 31.9 Å². The molecule has 1 aromatic rings. The number of carboxylic acid groups (broad SMARTS) is 1. The number of amides is 3. The van der Waals surface area contributed by atoms with E-state index in [1.807, 2.05) is 12.3 Å². The van der Waals surface area contributed by atoms with E-state index in [2.05, 4.69) is 16.0 Å². The van der Waals surface area contributed by atoms with Crippen molar-refractivity contribution in [3.05, 3.63) is 35.9 Å². The predicted molar refractivity (Wildman–Crippen MR) is 117 cm³/mol. The first kappa shape index (κ1) is 26.4. The lowest BCUT2D eigenvalue weighted by Gasteiger charge is -2.24. The molecule has 0 aliphatic rings. The Hall–Kier alpha value is -2.63. The van der Waals surface area contributed by atoms with Crippen molar-refractivity contribution in [1.29, 1.82) is 0 Å². The van der Waals surface area contributed by atoms with Gasteiger partial charge in [-0.25, -0.2) is 4.79 Å². The Morgan fingerprint density at radius 3 is 2.03 bits per heavy atom. The Morgan fingerprint density at radius 1 is 0.968 bits per heavy atom. The van der Waals surface area contributed by atoms with E-state index in [1.165, 1.54) is 18.7 Å². The van der Waals surface area contributed by atoms with E-state index in [-0.39, 0.29) is 12.8 Å². The topological polar surface area (TPSA) is 171 Å². The minimum absolute atomic E-state index is 0.177. The third-order valence-electron chi connectivity index (χ3n) is 4.37. The quantitative estimate of drug-likeness (QED) is 0.217. The molecule has 0 aliphatic carbocycles. The number of rotatable bonds is 13. The predicted octanol–water partition coefficient (Wildman–Crippen LogP) is -1.14. The normalized spacial score (nSPS) is 14.6. The van der Waals surface area contributed by atoms with E-state index in [0.29, 0.717) is 5.75 Å². The van der Waals surface area contributed by atoms with Gasteiger partial charge in [0.2, 0.25) is 17.7 Å². The molecular weight excluding hydrogens is 424 g/mol. The van der Waals surface area contributed by atoms with Gasteiger partial charge in [0.1, 0.15) is 18.1 Å². The summed E-state index contributed by atoms with van der Waals surface area (Å²) in [6, 6.07) is 4.67. The van der Waals surface area contributed by atoms with Crippen molar-refractivity contribution >= 4 is 35.5 Å². The fraction of sp³-hybridized carbons (Fsp3) is 0.500. The number of hydrogen-bond donors (Lipinski definition) is 6. The van der Waals surface area contributed by atoms with E-state index in [4.69, 9.17) is 15.9 Å². The number of aliphatic carboxylic acids is 1. The van der Waals surface area contributed by atoms with Gasteiger partial charge in [0, 0.05) is 6.42 Å². The maximum absolute atomic E-state index is 13.0. The molecule has 0 saturated heterocycles. The molecule has 0 bridgehead atoms. The second-order valence-corrected chi connectivity index (χ2v) is 7.95. The monoisotopic (exact) mass is 454 g/mol. The molecule has 0 heterocycles. The van der Waals surface area contributed by atoms with Crippen LogP contribution in [-0.2, 0) is 25.6 Å². The summed E-state index contributed by atoms with van der Waals surface area (Å²) >= 11 is 1.45. The van der Waals surface area contributed by atoms with Crippen molar-refractivity contribution in [3.8, 4) is 0 Å². The van der Waals surface area contributed by atoms with Crippen LogP contribution < -0.4 is 21.7 Å². The van der Waals surface area contributed by atoms with E-state index in [9.17, 15) is 19.2 Å². The van der Waals surface area contributed by atoms with Crippen LogP contribution in [0.5, 0.6) is 0 Å². The zero-order valence-electron chi connectivity index (χ0n) is 17.5. The Kier molecular flexibility index (Phi) is 11.6. The van der Waals surface area contributed by atoms with Crippen molar-refractivity contribution in [2.75, 3.05) is 18.6 Å². The van der Waals surface area contributed by atoms with E-state index in [1.54, 1.807) is 24.3 Å². The van der Waals surface area contributed by atoms with Crippen molar-refractivity contribution in [2.24, 2.45) is 5.73 Å². The van der Waals surface area contributed by atoms with Gasteiger partial charge in [-0.3, -0.25) is 14.4 Å². The summed E-state index contributed by atoms with van der Waals surface area (Å²) in [5.41, 5.74) is 6.40. The highest BCUT2D eigenvalue weighted by Crippen LogP contribution is 2.07. The minimum atomic E-state index is -1.49. The molecule has 0 aliphatic heterocycles. The van der Waals surface area contributed by atoms with Crippen molar-refractivity contribution in [2.45, 2.75) is 43.9 Å². The first-order valence-electron chi connectivity index (χ1n) is 9.72. The number of thioether (sulfide) groups is 1. The molecule has 172 valence electrons. The minimum Gasteiger partial charge on any atom is -0.480 e. The lowest BCUT2D eigenvalue weighted by Crippen LogP contribution is -2.57. The molecule has 7 N–H and O–H groups in total. The molecule has 0 saturated carbocycles. The van der Waals surface area contributed by atoms with Crippen molar-refractivity contribution in [3.63, 3.8) is 0 Å². The number of nitrogens with one attached hydrogen (secondary N) is 3. The lowest BCUT2D eigenvalue weighted by molar-refractivity contribution is -0.143. The smallest absolute Gasteiger partial charge is 0.328 e. The van der Waals surface area contributed by atoms with Gasteiger partial charge in [-0.15, -0.1) is 0 Å². The molecule has 0 fully saturated rings. The first-order valence-corrected chi connectivity index (χ1v) is 11.1. The highest BCUT2D eigenvalue weighted by atomic mass is 32.2. The number of carbonyl (C=O) groups excluding carboxylic acids is 3. The number of carbonyl (C=O) groups is 4. The average Bonchev–Trinajstić information content (AvgIpc) is 2.74. The maximum atomic E-state index is 13.0. The van der Waals surface area contributed by atoms with E-state index >= 15 is 0 Å². The maximum Gasteiger partial charge on any atom is 0.328 e. The van der Waals surface area contributed by atoms with Crippen LogP contribution in [0.1, 0.15) is 18.9 Å². The molecule has 4 atom stereocenters. The average molecular weight is 455 g/mol. The van der Waals surface area contributed by atoms with Crippen molar-refractivity contribution < 1.29 is 29.4 Å². The number of aliphatic hydroxyl groups is 1. The summed E-state index contributed by atoms with van der Waals surface area (Å²) in [4.78, 5) is 48.7. The number of benzene rings is 1. The van der Waals surface area contributed by atoms with Crippen LogP contribution >= 0.6 is 11.8 Å². The Bertz CT molecular complexity index is 746. The highest BCUT2D eigenvalue weighted by molar-refractivity contribution is 7.98. The molecule has 1 rings (SSSR count). The third kappa shape index (κ3) is 9.37. The number of carboxylic acids is 1. The number of nitrogens with two attached hydrogens (primary N) is 1. The second kappa shape index (κ2) is 13.6. The Balaban J connectivity index is 2.99. The van der Waals surface area contributed by atoms with Gasteiger partial charge >= 0.3 is 5.97 Å². The lowest BCUT2D eigenvalue weighted by atomic mass is 10.0. The molecule has 11 heteroatoms. The van der Waals surface area contributed by atoms with Crippen LogP contribution in [0.2, 0.25) is 0 Å². The van der Waals surface area contributed by atoms with Gasteiger partial charge in [0.25, 0.3) is 0 Å². The number of aliphatic hydroxyl groups excluding tert-OH is 1. The molecule has 3 amide bonds. The van der Waals surface area contributed by atoms with Crippen LogP contribution in [0.25, 0.3) is 0 Å². The third-order valence-corrected chi connectivity index (χ3v) is 5.01. The highest BCUT2D eigenvalue weighted by Gasteiger charge is 2.29. The summed E-state index contributed by atoms with van der Waals surface area (Å²) in [5.74, 6) is -2.73. The van der Waals surface area contributed by atoms with Gasteiger partial charge in [-0.2, -0.15) is 11.8 Å². The van der Waals surface area contributed by atoms with Crippen LogP contribution in [-0.4, -0.2) is 76.7 Å². The Morgan fingerprint density at radius 2 is 1.52 bits per heavy atom. The molecule has 31 heavy (non-hydrogen) atoms. The van der Waals surface area contributed by atoms with Gasteiger partial charge in [0.05, 0.1) is 12.6 Å². The van der Waals surface area contributed by atoms with Crippen molar-refractivity contribution in [1.82, 2.24) is 16.0 Å². The fourth-order valence-electron chi connectivity index (χ4n) is 2.60. The van der Waals surface area contributed by atoms with E-state index in [0.717, 1.165) is 5.56 Å². The molecule has 4 unspecified atom stereocenters. The van der Waals surface area contributed by atoms with Gasteiger partial charge in [0.15, 0.2) is 0 Å². The van der Waals surface area contributed by atoms with Gasteiger partial charge in [-0.1, -0.05) is 30.3 Å². The van der Waals surface area contributed by atoms with Crippen LogP contribution in [0.3, 0.4) is 0 Å². The molecule has 0 spiro atoms. The van der Waals surface area contributed by atoms with Gasteiger partial charge in [-0.05, 0) is 30.9 Å². The van der Waals surface area contributed by atoms with E-state index < -0.39 is 54.5 Å². The molecule has 10 nitrogen and oxygen atoms in total. The molecule has 1 aromatic carbocycles. The molecular formula is C20H30N4O6S. The molecule has 0 radical (unpaired) electrons. The standard InChI is InChI=1S/C20H30N4O6S/c1-12(21)17(26)23-15(10-13-6-4-3-5-7-13)19(28)22-14(8-9-31-2)18(27)24-16(11-25)20(29)30/h3-7,12,14-16,25H,8-11,21H2,1-2H3,(H,22,28)(H,23,26)(H,24,27)(H,29,30). The SMILES string of the molecule is CSCCC(NC(=O)C(Cc1ccccc1)NC(=O)C(C)N)C(=O)NC(CO)C(=O)O. The molecule has 0 aromatic heterocycles. The summed E-state index contributed by atoms with van der Waals surface area (Å²) in [6.07, 6.45) is 2.23. The van der Waals surface area contributed by atoms with Crippen LogP contribution in [0.4, 0.5) is 0 Å². The summed E-state index contributed by atoms with van der Waals surface area (Å²) in [5, 5.41) is 25.6. The Labute approximate surface area is 185 Å². The number of hydrogen-bond acceptors (Lipinski definition) is 7. The fourth-order valence-corrected chi connectivity index (χ4v) is 3.07. The zero-order chi connectivity index (χ0) is 23.4.